The average molecular weight is 822 g/mol. The molecule has 4 heteroatoms. The second-order valence-electron chi connectivity index (χ2n) is 18.6. The topological polar surface area (TPSA) is 11.4 Å². The maximum Gasteiger partial charge on any atom is 0.252 e. The first kappa shape index (κ1) is 38.1. The summed E-state index contributed by atoms with van der Waals surface area (Å²) in [5, 5.41) is 2.56. The summed E-state index contributed by atoms with van der Waals surface area (Å²) in [6.45, 7) is 9.43. The minimum Gasteiger partial charge on any atom is -0.311 e. The molecular weight excluding hydrogens is 773 g/mol. The summed E-state index contributed by atoms with van der Waals surface area (Å²) in [6.07, 6.45) is 0. The van der Waals surface area contributed by atoms with Crippen LogP contribution in [0.1, 0.15) is 49.9 Å². The molecule has 0 amide bonds. The van der Waals surface area contributed by atoms with Crippen LogP contribution in [0.2, 0.25) is 0 Å². The molecule has 1 aromatic heterocycles. The van der Waals surface area contributed by atoms with Gasteiger partial charge in [0.15, 0.2) is 0 Å². The number of hydrogen-bond acceptors (Lipinski definition) is 2. The van der Waals surface area contributed by atoms with Crippen LogP contribution >= 0.6 is 0 Å². The van der Waals surface area contributed by atoms with Crippen LogP contribution in [0.3, 0.4) is 0 Å². The van der Waals surface area contributed by atoms with Gasteiger partial charge in [-0.05, 0) is 99.3 Å². The highest BCUT2D eigenvalue weighted by atomic mass is 15.2. The predicted octanol–water partition coefficient (Wildman–Crippen LogP) is 13.5. The summed E-state index contributed by atoms with van der Waals surface area (Å²) in [4.78, 5) is 5.01. The zero-order chi connectivity index (χ0) is 43.2. The first-order chi connectivity index (χ1) is 31.3. The van der Waals surface area contributed by atoms with E-state index in [9.17, 15) is 0 Å². The minimum atomic E-state index is -0.247. The number of nitrogens with zero attached hydrogens (tertiary/aromatic N) is 3. The first-order valence-electron chi connectivity index (χ1n) is 22.6. The summed E-state index contributed by atoms with van der Waals surface area (Å²) in [6, 6.07) is 81.1. The molecular formula is C60H48BN3. The lowest BCUT2D eigenvalue weighted by molar-refractivity contribution is 0.640. The fourth-order valence-electron chi connectivity index (χ4n) is 10.9. The van der Waals surface area contributed by atoms with Gasteiger partial charge in [0, 0.05) is 61.2 Å². The molecule has 0 saturated heterocycles. The van der Waals surface area contributed by atoms with Crippen LogP contribution in [-0.2, 0) is 10.8 Å². The van der Waals surface area contributed by atoms with Crippen LogP contribution in [0.15, 0.2) is 218 Å². The molecule has 3 nitrogen and oxygen atoms in total. The van der Waals surface area contributed by atoms with E-state index in [1.807, 2.05) is 0 Å². The van der Waals surface area contributed by atoms with E-state index in [4.69, 9.17) is 0 Å². The normalized spacial score (nSPS) is 12.9. The molecule has 10 aromatic rings. The number of anilines is 6. The Morgan fingerprint density at radius 1 is 0.391 bits per heavy atom. The number of para-hydroxylation sites is 4. The molecule has 0 N–H and O–H groups in total. The molecule has 9 aromatic carbocycles. The molecule has 0 atom stereocenters. The van der Waals surface area contributed by atoms with Crippen LogP contribution in [0.4, 0.5) is 34.1 Å². The van der Waals surface area contributed by atoms with Crippen LogP contribution in [0.5, 0.6) is 0 Å². The van der Waals surface area contributed by atoms with Gasteiger partial charge in [0.25, 0.3) is 6.71 Å². The Morgan fingerprint density at radius 3 is 1.58 bits per heavy atom. The molecule has 12 rings (SSSR count). The third-order valence-corrected chi connectivity index (χ3v) is 14.3. The zero-order valence-electron chi connectivity index (χ0n) is 36.7. The van der Waals surface area contributed by atoms with Crippen molar-refractivity contribution in [2.45, 2.75) is 38.5 Å². The van der Waals surface area contributed by atoms with E-state index in [2.05, 4.69) is 260 Å². The van der Waals surface area contributed by atoms with Gasteiger partial charge in [-0.1, -0.05) is 185 Å². The Bertz CT molecular complexity index is 3350. The van der Waals surface area contributed by atoms with Crippen LogP contribution in [-0.4, -0.2) is 11.3 Å². The number of benzene rings is 9. The largest absolute Gasteiger partial charge is 0.311 e. The second kappa shape index (κ2) is 14.5. The van der Waals surface area contributed by atoms with Crippen LogP contribution < -0.4 is 26.2 Å². The Kier molecular flexibility index (Phi) is 8.65. The molecule has 2 aliphatic rings. The van der Waals surface area contributed by atoms with Crippen molar-refractivity contribution in [3.8, 4) is 5.69 Å². The summed E-state index contributed by atoms with van der Waals surface area (Å²) in [7, 11) is 0. The third kappa shape index (κ3) is 5.75. The van der Waals surface area contributed by atoms with Crippen molar-refractivity contribution < 1.29 is 0 Å². The molecule has 0 radical (unpaired) electrons. The highest BCUT2D eigenvalue weighted by Gasteiger charge is 2.43. The van der Waals surface area contributed by atoms with Crippen molar-refractivity contribution in [2.75, 3.05) is 9.80 Å². The van der Waals surface area contributed by atoms with Gasteiger partial charge in [0.1, 0.15) is 0 Å². The molecule has 0 bridgehead atoms. The van der Waals surface area contributed by atoms with Crippen molar-refractivity contribution >= 4 is 79.0 Å². The summed E-state index contributed by atoms with van der Waals surface area (Å²) in [5.41, 5.74) is 19.2. The lowest BCUT2D eigenvalue weighted by Gasteiger charge is -2.42. The number of aromatic nitrogens is 1. The Balaban J connectivity index is 1.21. The van der Waals surface area contributed by atoms with Crippen molar-refractivity contribution in [2.24, 2.45) is 0 Å². The molecule has 0 unspecified atom stereocenters. The smallest absolute Gasteiger partial charge is 0.252 e. The first-order valence-corrected chi connectivity index (χ1v) is 22.6. The van der Waals surface area contributed by atoms with E-state index in [1.54, 1.807) is 0 Å². The Labute approximate surface area is 376 Å². The van der Waals surface area contributed by atoms with Gasteiger partial charge >= 0.3 is 0 Å². The number of fused-ring (bicyclic) bond motifs is 7. The monoisotopic (exact) mass is 821 g/mol. The van der Waals surface area contributed by atoms with E-state index in [0.29, 0.717) is 0 Å². The van der Waals surface area contributed by atoms with Crippen molar-refractivity contribution in [1.82, 2.24) is 4.57 Å². The van der Waals surface area contributed by atoms with E-state index in [0.717, 1.165) is 22.7 Å². The maximum atomic E-state index is 2.59. The fourth-order valence-corrected chi connectivity index (χ4v) is 10.9. The molecule has 0 aliphatic carbocycles. The molecule has 0 fully saturated rings. The van der Waals surface area contributed by atoms with Gasteiger partial charge in [0.2, 0.25) is 0 Å². The van der Waals surface area contributed by atoms with Gasteiger partial charge in [-0.2, -0.15) is 0 Å². The van der Waals surface area contributed by atoms with Gasteiger partial charge in [-0.3, -0.25) is 0 Å². The van der Waals surface area contributed by atoms with E-state index in [1.165, 1.54) is 77.5 Å². The molecule has 64 heavy (non-hydrogen) atoms. The molecule has 3 heterocycles. The van der Waals surface area contributed by atoms with E-state index in [-0.39, 0.29) is 17.5 Å². The predicted molar refractivity (Wildman–Crippen MR) is 272 cm³/mol. The zero-order valence-corrected chi connectivity index (χ0v) is 36.7. The molecule has 0 saturated carbocycles. The van der Waals surface area contributed by atoms with Crippen LogP contribution in [0.25, 0.3) is 27.5 Å². The summed E-state index contributed by atoms with van der Waals surface area (Å²) >= 11 is 0. The number of hydrogen-bond donors (Lipinski definition) is 0. The fraction of sp³-hybridized carbons (Fsp3) is 0.100. The summed E-state index contributed by atoms with van der Waals surface area (Å²) < 4.78 is 2.57. The SMILES string of the molecule is CC(C)(c1ccccc1)c1cccc(N2c3cc(C(C)(C)c4ccccc4)ccc3B3c4c2cc(N(c2ccccc2)c2ccccc2)cc4-n2c4ccccc4c4cccc3c42)c1. The van der Waals surface area contributed by atoms with Gasteiger partial charge < -0.3 is 14.4 Å². The Morgan fingerprint density at radius 2 is 0.922 bits per heavy atom. The molecule has 306 valence electrons. The maximum absolute atomic E-state index is 2.59. The lowest BCUT2D eigenvalue weighted by Crippen LogP contribution is -2.60. The molecule has 0 spiro atoms. The minimum absolute atomic E-state index is 0.00513. The number of rotatable bonds is 8. The second-order valence-corrected chi connectivity index (χ2v) is 18.6. The van der Waals surface area contributed by atoms with E-state index < -0.39 is 0 Å². The third-order valence-electron chi connectivity index (χ3n) is 14.3. The highest BCUT2D eigenvalue weighted by molar-refractivity contribution is 7.00. The standard InChI is InChI=1S/C60H48BN3/c1-59(2,41-21-9-5-10-22-41)43-25-19-30-47(37-43)63-54-38-44(60(3,4)42-23-11-6-12-24-42)35-36-51(54)61-52-33-20-32-50-49-31-17-18-34-53(49)64(58(50)52)56-40-48(39-55(63)57(56)61)62(45-26-13-7-14-27-45)46-28-15-8-16-29-46/h5-40H,1-4H3. The van der Waals surface area contributed by atoms with Gasteiger partial charge in [-0.15, -0.1) is 0 Å². The summed E-state index contributed by atoms with van der Waals surface area (Å²) in [5.74, 6) is 0. The van der Waals surface area contributed by atoms with Crippen molar-refractivity contribution in [3.63, 3.8) is 0 Å². The van der Waals surface area contributed by atoms with Gasteiger partial charge in [0.05, 0.1) is 11.2 Å². The van der Waals surface area contributed by atoms with Crippen molar-refractivity contribution in [3.05, 3.63) is 241 Å². The average Bonchev–Trinajstić information content (AvgIpc) is 3.69. The quantitative estimate of drug-likeness (QED) is 0.141. The lowest BCUT2D eigenvalue weighted by atomic mass is 9.33. The van der Waals surface area contributed by atoms with Crippen LogP contribution in [0, 0.1) is 0 Å². The molecule has 2 aliphatic heterocycles. The van der Waals surface area contributed by atoms with Gasteiger partial charge in [-0.25, -0.2) is 0 Å². The Hall–Kier alpha value is -7.56. The van der Waals surface area contributed by atoms with E-state index >= 15 is 0 Å². The van der Waals surface area contributed by atoms with Crippen molar-refractivity contribution in [1.29, 1.82) is 0 Å². The highest BCUT2D eigenvalue weighted by Crippen LogP contribution is 2.47.